The lowest BCUT2D eigenvalue weighted by Crippen LogP contribution is -2.13. The smallest absolute Gasteiger partial charge is 0.339 e. The van der Waals surface area contributed by atoms with Crippen molar-refractivity contribution in [1.82, 2.24) is 0 Å². The van der Waals surface area contributed by atoms with E-state index in [2.05, 4.69) is 6.58 Å². The maximum absolute atomic E-state index is 13.4. The fourth-order valence-corrected chi connectivity index (χ4v) is 1.41. The number of hydrogen-bond donors (Lipinski definition) is 3. The van der Waals surface area contributed by atoms with Crippen molar-refractivity contribution in [3.8, 4) is 5.75 Å². The molecule has 1 atom stereocenters. The van der Waals surface area contributed by atoms with Crippen molar-refractivity contribution in [2.24, 2.45) is 5.73 Å². The third-order valence-corrected chi connectivity index (χ3v) is 2.19. The molecule has 0 saturated carbocycles. The molecule has 0 aliphatic heterocycles. The number of aromatic carboxylic acids is 1. The van der Waals surface area contributed by atoms with Gasteiger partial charge in [-0.1, -0.05) is 6.08 Å². The molecule has 4 nitrogen and oxygen atoms in total. The van der Waals surface area contributed by atoms with Crippen molar-refractivity contribution < 1.29 is 19.4 Å². The normalized spacial score (nSPS) is 11.4. The molecule has 1 aromatic rings. The predicted octanol–water partition coefficient (Wildman–Crippen LogP) is 2.23. The van der Waals surface area contributed by atoms with E-state index in [0.29, 0.717) is 0 Å². The Kier molecular flexibility index (Phi) is 5.64. The molecule has 0 spiro atoms. The molecule has 4 N–H and O–H groups in total. The second kappa shape index (κ2) is 6.22. The first kappa shape index (κ1) is 15.4. The fraction of sp³-hybridized carbons (Fsp3) is 0.182. The van der Waals surface area contributed by atoms with Crippen molar-refractivity contribution in [3.63, 3.8) is 0 Å². The van der Waals surface area contributed by atoms with E-state index in [0.717, 1.165) is 12.1 Å². The summed E-state index contributed by atoms with van der Waals surface area (Å²) in [4.78, 5) is 10.7. The molecule has 0 amide bonds. The van der Waals surface area contributed by atoms with Crippen LogP contribution in [-0.2, 0) is 0 Å². The Bertz CT molecular complexity index is 437. The number of benzene rings is 1. The summed E-state index contributed by atoms with van der Waals surface area (Å²) in [5.41, 5.74) is 5.05. The monoisotopic (exact) mass is 261 g/mol. The van der Waals surface area contributed by atoms with E-state index in [1.807, 2.05) is 0 Å². The zero-order valence-electron chi connectivity index (χ0n) is 8.89. The summed E-state index contributed by atoms with van der Waals surface area (Å²) in [6.45, 7) is 3.44. The van der Waals surface area contributed by atoms with Crippen LogP contribution in [0.3, 0.4) is 0 Å². The van der Waals surface area contributed by atoms with Gasteiger partial charge in [-0.25, -0.2) is 9.18 Å². The molecule has 0 aromatic heterocycles. The first-order valence-electron chi connectivity index (χ1n) is 4.60. The number of rotatable bonds is 4. The van der Waals surface area contributed by atoms with Gasteiger partial charge in [0, 0.05) is 11.6 Å². The average molecular weight is 262 g/mol. The number of hydrogen-bond acceptors (Lipinski definition) is 3. The van der Waals surface area contributed by atoms with Crippen molar-refractivity contribution in [2.75, 3.05) is 0 Å². The molecule has 0 aliphatic rings. The van der Waals surface area contributed by atoms with E-state index in [1.165, 1.54) is 6.08 Å². The number of carboxylic acid groups (broad SMARTS) is 1. The third kappa shape index (κ3) is 3.18. The number of carboxylic acids is 1. The Morgan fingerprint density at radius 2 is 2.18 bits per heavy atom. The fourth-order valence-electron chi connectivity index (χ4n) is 1.41. The molecule has 6 heteroatoms. The summed E-state index contributed by atoms with van der Waals surface area (Å²) >= 11 is 0. The molecule has 0 aliphatic carbocycles. The van der Waals surface area contributed by atoms with E-state index >= 15 is 0 Å². The van der Waals surface area contributed by atoms with Crippen molar-refractivity contribution in [3.05, 3.63) is 41.7 Å². The quantitative estimate of drug-likeness (QED) is 0.726. The zero-order valence-corrected chi connectivity index (χ0v) is 9.71. The maximum Gasteiger partial charge on any atom is 0.339 e. The maximum atomic E-state index is 13.4. The van der Waals surface area contributed by atoms with Gasteiger partial charge in [-0.2, -0.15) is 0 Å². The number of carbonyl (C=O) groups is 1. The van der Waals surface area contributed by atoms with Gasteiger partial charge in [0.2, 0.25) is 0 Å². The van der Waals surface area contributed by atoms with Crippen molar-refractivity contribution >= 4 is 18.4 Å². The second-order valence-electron chi connectivity index (χ2n) is 3.29. The van der Waals surface area contributed by atoms with Gasteiger partial charge < -0.3 is 15.9 Å². The average Bonchev–Trinajstić information content (AvgIpc) is 2.17. The van der Waals surface area contributed by atoms with Gasteiger partial charge in [-0.15, -0.1) is 19.0 Å². The highest BCUT2D eigenvalue weighted by atomic mass is 35.5. The summed E-state index contributed by atoms with van der Waals surface area (Å²) in [6, 6.07) is 1.16. The molecule has 17 heavy (non-hydrogen) atoms. The molecular formula is C11H13ClFNO3. The minimum absolute atomic E-state index is 0. The standard InChI is InChI=1S/C11H12FNO3.ClH/c1-2-3-8(13)9-7(12)5-4-6(10(9)14)11(15)16;/h2,4-5,8,14H,1,3,13H2,(H,15,16);1H/t8-;/m1./s1. The molecule has 0 saturated heterocycles. The Morgan fingerprint density at radius 3 is 2.65 bits per heavy atom. The number of nitrogens with two attached hydrogens (primary N) is 1. The largest absolute Gasteiger partial charge is 0.507 e. The van der Waals surface area contributed by atoms with Crippen LogP contribution < -0.4 is 5.73 Å². The van der Waals surface area contributed by atoms with Gasteiger partial charge in [0.1, 0.15) is 17.1 Å². The highest BCUT2D eigenvalue weighted by Gasteiger charge is 2.21. The predicted molar refractivity (Wildman–Crippen MR) is 64.0 cm³/mol. The summed E-state index contributed by atoms with van der Waals surface area (Å²) in [5.74, 6) is -2.68. The topological polar surface area (TPSA) is 83.6 Å². The van der Waals surface area contributed by atoms with Gasteiger partial charge in [0.15, 0.2) is 0 Å². The Hall–Kier alpha value is -1.59. The molecule has 1 aromatic carbocycles. The first-order valence-corrected chi connectivity index (χ1v) is 4.60. The van der Waals surface area contributed by atoms with Gasteiger partial charge in [0.05, 0.1) is 0 Å². The zero-order chi connectivity index (χ0) is 12.3. The summed E-state index contributed by atoms with van der Waals surface area (Å²) in [7, 11) is 0. The lowest BCUT2D eigenvalue weighted by Gasteiger charge is -2.14. The molecule has 94 valence electrons. The number of aromatic hydroxyl groups is 1. The van der Waals surface area contributed by atoms with Crippen LogP contribution in [0.4, 0.5) is 4.39 Å². The molecule has 0 unspecified atom stereocenters. The van der Waals surface area contributed by atoms with Gasteiger partial charge >= 0.3 is 5.97 Å². The molecule has 0 radical (unpaired) electrons. The van der Waals surface area contributed by atoms with Crippen molar-refractivity contribution in [2.45, 2.75) is 12.5 Å². The Balaban J connectivity index is 0.00000256. The summed E-state index contributed by atoms with van der Waals surface area (Å²) in [5, 5.41) is 18.4. The molecule has 1 rings (SSSR count). The van der Waals surface area contributed by atoms with E-state index in [-0.39, 0.29) is 30.0 Å². The molecule has 0 bridgehead atoms. The van der Waals surface area contributed by atoms with E-state index in [1.54, 1.807) is 0 Å². The number of phenols is 1. The molecular weight excluding hydrogens is 249 g/mol. The third-order valence-electron chi connectivity index (χ3n) is 2.19. The van der Waals surface area contributed by atoms with Crippen LogP contribution in [0.1, 0.15) is 28.4 Å². The van der Waals surface area contributed by atoms with Crippen LogP contribution in [0.2, 0.25) is 0 Å². The van der Waals surface area contributed by atoms with Gasteiger partial charge in [0.25, 0.3) is 0 Å². The Morgan fingerprint density at radius 1 is 1.59 bits per heavy atom. The highest BCUT2D eigenvalue weighted by molar-refractivity contribution is 5.91. The van der Waals surface area contributed by atoms with Crippen LogP contribution in [0.25, 0.3) is 0 Å². The number of halogens is 2. The van der Waals surface area contributed by atoms with E-state index in [9.17, 15) is 14.3 Å². The van der Waals surface area contributed by atoms with E-state index < -0.39 is 23.6 Å². The van der Waals surface area contributed by atoms with Crippen LogP contribution >= 0.6 is 12.4 Å². The summed E-state index contributed by atoms with van der Waals surface area (Å²) < 4.78 is 13.4. The lowest BCUT2D eigenvalue weighted by molar-refractivity contribution is 0.0693. The lowest BCUT2D eigenvalue weighted by atomic mass is 9.99. The minimum Gasteiger partial charge on any atom is -0.507 e. The molecule has 0 fully saturated rings. The van der Waals surface area contributed by atoms with Crippen LogP contribution in [0.15, 0.2) is 24.8 Å². The first-order chi connectivity index (χ1) is 7.49. The van der Waals surface area contributed by atoms with Crippen LogP contribution in [0, 0.1) is 5.82 Å². The van der Waals surface area contributed by atoms with Crippen LogP contribution in [-0.4, -0.2) is 16.2 Å². The second-order valence-corrected chi connectivity index (χ2v) is 3.29. The summed E-state index contributed by atoms with van der Waals surface area (Å²) in [6.07, 6.45) is 1.71. The minimum atomic E-state index is -1.33. The molecule has 0 heterocycles. The van der Waals surface area contributed by atoms with Crippen LogP contribution in [0.5, 0.6) is 5.75 Å². The van der Waals surface area contributed by atoms with Crippen molar-refractivity contribution in [1.29, 1.82) is 0 Å². The Labute approximate surface area is 104 Å². The highest BCUT2D eigenvalue weighted by Crippen LogP contribution is 2.31. The SMILES string of the molecule is C=CC[C@@H](N)c1c(F)ccc(C(=O)O)c1O.Cl. The van der Waals surface area contributed by atoms with Gasteiger partial charge in [-0.05, 0) is 18.6 Å². The van der Waals surface area contributed by atoms with Gasteiger partial charge in [-0.3, -0.25) is 0 Å². The van der Waals surface area contributed by atoms with E-state index in [4.69, 9.17) is 10.8 Å².